The molecule has 3 aromatic rings. The first-order valence-corrected chi connectivity index (χ1v) is 8.00. The Balaban J connectivity index is 1.49. The van der Waals surface area contributed by atoms with E-state index < -0.39 is 0 Å². The van der Waals surface area contributed by atoms with Crippen molar-refractivity contribution in [1.82, 2.24) is 5.32 Å². The quantitative estimate of drug-likeness (QED) is 0.733. The predicted molar refractivity (Wildman–Crippen MR) is 95.6 cm³/mol. The Morgan fingerprint density at radius 3 is 2.32 bits per heavy atom. The fourth-order valence-electron chi connectivity index (χ4n) is 2.42. The van der Waals surface area contributed by atoms with Gasteiger partial charge in [0.15, 0.2) is 6.61 Å². The monoisotopic (exact) mass is 335 g/mol. The van der Waals surface area contributed by atoms with Crippen LogP contribution >= 0.6 is 0 Å². The number of hydrogen-bond acceptors (Lipinski definition) is 2. The Bertz CT molecular complexity index is 832. The van der Waals surface area contributed by atoms with Crippen LogP contribution in [0.4, 0.5) is 4.39 Å². The SMILES string of the molecule is O=C(COc1ccc(-c2ccccc2)cc1)NCc1cccc(F)c1. The molecule has 0 aromatic heterocycles. The van der Waals surface area contributed by atoms with Crippen molar-refractivity contribution in [2.75, 3.05) is 6.61 Å². The topological polar surface area (TPSA) is 38.3 Å². The van der Waals surface area contributed by atoms with Crippen molar-refractivity contribution in [2.24, 2.45) is 0 Å². The highest BCUT2D eigenvalue weighted by molar-refractivity contribution is 5.77. The van der Waals surface area contributed by atoms with Crippen LogP contribution in [0, 0.1) is 5.82 Å². The maximum atomic E-state index is 13.1. The third-order valence-electron chi connectivity index (χ3n) is 3.71. The standard InChI is InChI=1S/C21H18FNO2/c22-19-8-4-5-16(13-19)14-23-21(24)15-25-20-11-9-18(10-12-20)17-6-2-1-3-7-17/h1-13H,14-15H2,(H,23,24). The summed E-state index contributed by atoms with van der Waals surface area (Å²) in [6.07, 6.45) is 0. The van der Waals surface area contributed by atoms with E-state index in [-0.39, 0.29) is 24.9 Å². The van der Waals surface area contributed by atoms with Crippen LogP contribution < -0.4 is 10.1 Å². The maximum Gasteiger partial charge on any atom is 0.258 e. The van der Waals surface area contributed by atoms with E-state index in [0.29, 0.717) is 11.3 Å². The van der Waals surface area contributed by atoms with Gasteiger partial charge in [0.2, 0.25) is 0 Å². The predicted octanol–water partition coefficient (Wildman–Crippen LogP) is 4.19. The summed E-state index contributed by atoms with van der Waals surface area (Å²) in [6.45, 7) is 0.187. The summed E-state index contributed by atoms with van der Waals surface area (Å²) in [5, 5.41) is 2.70. The normalized spacial score (nSPS) is 10.3. The lowest BCUT2D eigenvalue weighted by atomic mass is 10.1. The van der Waals surface area contributed by atoms with Gasteiger partial charge in [0.25, 0.3) is 5.91 Å². The van der Waals surface area contributed by atoms with Crippen LogP contribution in [0.5, 0.6) is 5.75 Å². The van der Waals surface area contributed by atoms with Crippen molar-refractivity contribution < 1.29 is 13.9 Å². The third-order valence-corrected chi connectivity index (χ3v) is 3.71. The van der Waals surface area contributed by atoms with Crippen molar-refractivity contribution in [1.29, 1.82) is 0 Å². The molecule has 0 saturated carbocycles. The lowest BCUT2D eigenvalue weighted by Gasteiger charge is -2.08. The summed E-state index contributed by atoms with van der Waals surface area (Å²) >= 11 is 0. The van der Waals surface area contributed by atoms with Gasteiger partial charge < -0.3 is 10.1 Å². The van der Waals surface area contributed by atoms with Gasteiger partial charge in [-0.15, -0.1) is 0 Å². The van der Waals surface area contributed by atoms with Gasteiger partial charge in [-0.3, -0.25) is 4.79 Å². The molecule has 0 radical (unpaired) electrons. The van der Waals surface area contributed by atoms with E-state index in [2.05, 4.69) is 5.32 Å². The Morgan fingerprint density at radius 2 is 1.60 bits per heavy atom. The van der Waals surface area contributed by atoms with Gasteiger partial charge in [-0.2, -0.15) is 0 Å². The summed E-state index contributed by atoms with van der Waals surface area (Å²) < 4.78 is 18.6. The van der Waals surface area contributed by atoms with Crippen LogP contribution in [-0.2, 0) is 11.3 Å². The molecule has 0 aliphatic heterocycles. The molecule has 3 rings (SSSR count). The molecule has 0 saturated heterocycles. The van der Waals surface area contributed by atoms with E-state index >= 15 is 0 Å². The number of nitrogens with one attached hydrogen (secondary N) is 1. The molecule has 3 nitrogen and oxygen atoms in total. The molecule has 0 aliphatic carbocycles. The zero-order valence-corrected chi connectivity index (χ0v) is 13.6. The molecule has 0 bridgehead atoms. The van der Waals surface area contributed by atoms with Crippen molar-refractivity contribution >= 4 is 5.91 Å². The van der Waals surface area contributed by atoms with Gasteiger partial charge in [-0.1, -0.05) is 54.6 Å². The fourth-order valence-corrected chi connectivity index (χ4v) is 2.42. The van der Waals surface area contributed by atoms with E-state index in [1.54, 1.807) is 12.1 Å². The summed E-state index contributed by atoms with van der Waals surface area (Å²) in [4.78, 5) is 11.8. The Morgan fingerprint density at radius 1 is 0.880 bits per heavy atom. The number of ether oxygens (including phenoxy) is 1. The molecule has 0 unspecified atom stereocenters. The van der Waals surface area contributed by atoms with E-state index in [0.717, 1.165) is 11.1 Å². The lowest BCUT2D eigenvalue weighted by molar-refractivity contribution is -0.123. The molecule has 0 spiro atoms. The average Bonchev–Trinajstić information content (AvgIpc) is 2.66. The minimum atomic E-state index is -0.318. The van der Waals surface area contributed by atoms with Crippen LogP contribution in [0.2, 0.25) is 0 Å². The first-order chi connectivity index (χ1) is 12.2. The van der Waals surface area contributed by atoms with Gasteiger partial charge in [0.05, 0.1) is 0 Å². The Labute approximate surface area is 146 Å². The first-order valence-electron chi connectivity index (χ1n) is 8.00. The van der Waals surface area contributed by atoms with E-state index in [9.17, 15) is 9.18 Å². The molecule has 3 aromatic carbocycles. The smallest absolute Gasteiger partial charge is 0.258 e. The van der Waals surface area contributed by atoms with Gasteiger partial charge >= 0.3 is 0 Å². The summed E-state index contributed by atoms with van der Waals surface area (Å²) in [7, 11) is 0. The highest BCUT2D eigenvalue weighted by Crippen LogP contribution is 2.21. The second-order valence-corrected chi connectivity index (χ2v) is 5.59. The Hall–Kier alpha value is -3.14. The minimum Gasteiger partial charge on any atom is -0.484 e. The summed E-state index contributed by atoms with van der Waals surface area (Å²) in [6, 6.07) is 23.7. The van der Waals surface area contributed by atoms with Gasteiger partial charge in [-0.05, 0) is 41.0 Å². The molecule has 0 heterocycles. The van der Waals surface area contributed by atoms with E-state index in [1.807, 2.05) is 54.6 Å². The lowest BCUT2D eigenvalue weighted by Crippen LogP contribution is -2.28. The molecular formula is C21H18FNO2. The second kappa shape index (κ2) is 8.11. The average molecular weight is 335 g/mol. The number of hydrogen-bond donors (Lipinski definition) is 1. The highest BCUT2D eigenvalue weighted by atomic mass is 19.1. The zero-order chi connectivity index (χ0) is 17.5. The molecule has 1 N–H and O–H groups in total. The first kappa shape index (κ1) is 16.7. The number of carbonyl (C=O) groups is 1. The molecule has 0 fully saturated rings. The highest BCUT2D eigenvalue weighted by Gasteiger charge is 2.04. The second-order valence-electron chi connectivity index (χ2n) is 5.59. The molecule has 0 atom stereocenters. The van der Waals surface area contributed by atoms with E-state index in [1.165, 1.54) is 12.1 Å². The van der Waals surface area contributed by atoms with Gasteiger partial charge in [-0.25, -0.2) is 4.39 Å². The van der Waals surface area contributed by atoms with Crippen molar-refractivity contribution in [2.45, 2.75) is 6.54 Å². The van der Waals surface area contributed by atoms with Gasteiger partial charge in [0, 0.05) is 6.54 Å². The third kappa shape index (κ3) is 4.91. The molecule has 25 heavy (non-hydrogen) atoms. The zero-order valence-electron chi connectivity index (χ0n) is 13.6. The van der Waals surface area contributed by atoms with Crippen LogP contribution in [0.25, 0.3) is 11.1 Å². The summed E-state index contributed by atoms with van der Waals surface area (Å²) in [5.74, 6) is 0.0542. The van der Waals surface area contributed by atoms with Crippen LogP contribution in [0.15, 0.2) is 78.9 Å². The molecule has 126 valence electrons. The Kier molecular flexibility index (Phi) is 5.42. The van der Waals surface area contributed by atoms with Gasteiger partial charge in [0.1, 0.15) is 11.6 Å². The van der Waals surface area contributed by atoms with E-state index in [4.69, 9.17) is 4.74 Å². The molecule has 4 heteroatoms. The fraction of sp³-hybridized carbons (Fsp3) is 0.0952. The number of carbonyl (C=O) groups excluding carboxylic acids is 1. The molecule has 1 amide bonds. The number of amides is 1. The number of rotatable bonds is 6. The minimum absolute atomic E-state index is 0.0833. The number of benzene rings is 3. The maximum absolute atomic E-state index is 13.1. The molecule has 0 aliphatic rings. The van der Waals surface area contributed by atoms with Crippen LogP contribution in [0.3, 0.4) is 0 Å². The van der Waals surface area contributed by atoms with Crippen molar-refractivity contribution in [3.63, 3.8) is 0 Å². The summed E-state index contributed by atoms with van der Waals surface area (Å²) in [5.41, 5.74) is 2.92. The van der Waals surface area contributed by atoms with Crippen LogP contribution in [0.1, 0.15) is 5.56 Å². The molecular weight excluding hydrogens is 317 g/mol. The van der Waals surface area contributed by atoms with Crippen molar-refractivity contribution in [3.8, 4) is 16.9 Å². The largest absolute Gasteiger partial charge is 0.484 e. The van der Waals surface area contributed by atoms with Crippen LogP contribution in [-0.4, -0.2) is 12.5 Å². The van der Waals surface area contributed by atoms with Crippen molar-refractivity contribution in [3.05, 3.63) is 90.2 Å². The number of halogens is 1.